The van der Waals surface area contributed by atoms with E-state index in [9.17, 15) is 13.2 Å². The second-order valence-electron chi connectivity index (χ2n) is 6.97. The van der Waals surface area contributed by atoms with E-state index in [4.69, 9.17) is 0 Å². The fourth-order valence-corrected chi connectivity index (χ4v) is 4.67. The molecule has 1 N–H and O–H groups in total. The summed E-state index contributed by atoms with van der Waals surface area (Å²) in [5.74, 6) is -0.268. The van der Waals surface area contributed by atoms with Gasteiger partial charge in [0.25, 0.3) is 0 Å². The van der Waals surface area contributed by atoms with E-state index in [1.165, 1.54) is 21.8 Å². The van der Waals surface area contributed by atoms with E-state index in [-0.39, 0.29) is 11.8 Å². The van der Waals surface area contributed by atoms with Crippen LogP contribution in [0.25, 0.3) is 0 Å². The Labute approximate surface area is 150 Å². The molecular weight excluding hydrogens is 338 g/mol. The monoisotopic (exact) mass is 365 g/mol. The van der Waals surface area contributed by atoms with Crippen LogP contribution in [0.2, 0.25) is 0 Å². The molecule has 2 heterocycles. The van der Waals surface area contributed by atoms with Gasteiger partial charge in [-0.05, 0) is 37.3 Å². The summed E-state index contributed by atoms with van der Waals surface area (Å²) in [5, 5.41) is 3.00. The van der Waals surface area contributed by atoms with Crippen LogP contribution >= 0.6 is 0 Å². The maximum absolute atomic E-state index is 12.4. The third-order valence-electron chi connectivity index (χ3n) is 5.11. The van der Waals surface area contributed by atoms with Crippen LogP contribution in [0.3, 0.4) is 0 Å². The van der Waals surface area contributed by atoms with Gasteiger partial charge in [-0.3, -0.25) is 4.79 Å². The minimum Gasteiger partial charge on any atom is -0.370 e. The van der Waals surface area contributed by atoms with Crippen LogP contribution in [0, 0.1) is 5.92 Å². The van der Waals surface area contributed by atoms with Crippen LogP contribution < -0.4 is 10.2 Å². The summed E-state index contributed by atoms with van der Waals surface area (Å²) >= 11 is 0. The smallest absolute Gasteiger partial charge is 0.224 e. The van der Waals surface area contributed by atoms with Crippen molar-refractivity contribution in [3.05, 3.63) is 29.8 Å². The molecule has 2 aliphatic heterocycles. The Morgan fingerprint density at radius 2 is 2.04 bits per heavy atom. The SMILES string of the molecule is CS(=O)(=O)N1CCC[C@H](C(=O)NCCN2CCCc3ccccc32)C1. The van der Waals surface area contributed by atoms with Crippen LogP contribution in [0.4, 0.5) is 5.69 Å². The minimum atomic E-state index is -3.22. The zero-order chi connectivity index (χ0) is 17.9. The Hall–Kier alpha value is -1.60. The van der Waals surface area contributed by atoms with Crippen LogP contribution in [0.15, 0.2) is 24.3 Å². The molecule has 0 saturated carbocycles. The van der Waals surface area contributed by atoms with Gasteiger partial charge in [0.15, 0.2) is 0 Å². The number of anilines is 1. The molecule has 0 aliphatic carbocycles. The number of hydrogen-bond donors (Lipinski definition) is 1. The maximum atomic E-state index is 12.4. The van der Waals surface area contributed by atoms with Crippen molar-refractivity contribution in [3.8, 4) is 0 Å². The van der Waals surface area contributed by atoms with E-state index in [2.05, 4.69) is 34.5 Å². The number of sulfonamides is 1. The van der Waals surface area contributed by atoms with Crippen LogP contribution in [0.5, 0.6) is 0 Å². The highest BCUT2D eigenvalue weighted by atomic mass is 32.2. The van der Waals surface area contributed by atoms with Crippen LogP contribution in [-0.2, 0) is 21.2 Å². The molecule has 1 saturated heterocycles. The van der Waals surface area contributed by atoms with Gasteiger partial charge in [-0.1, -0.05) is 18.2 Å². The fourth-order valence-electron chi connectivity index (χ4n) is 3.76. The standard InChI is InChI=1S/C18H27N3O3S/c1-25(23,24)21-12-5-8-16(14-21)18(22)19-10-13-20-11-4-7-15-6-2-3-9-17(15)20/h2-3,6,9,16H,4-5,7-8,10-14H2,1H3,(H,19,22)/t16-/m0/s1. The van der Waals surface area contributed by atoms with E-state index >= 15 is 0 Å². The molecule has 1 fully saturated rings. The number of rotatable bonds is 5. The lowest BCUT2D eigenvalue weighted by molar-refractivity contribution is -0.126. The molecule has 0 spiro atoms. The quantitative estimate of drug-likeness (QED) is 0.852. The third-order valence-corrected chi connectivity index (χ3v) is 6.38. The molecule has 6 nitrogen and oxygen atoms in total. The van der Waals surface area contributed by atoms with Crippen molar-refractivity contribution in [2.75, 3.05) is 43.9 Å². The second kappa shape index (κ2) is 7.74. The third kappa shape index (κ3) is 4.52. The summed E-state index contributed by atoms with van der Waals surface area (Å²) in [7, 11) is -3.22. The predicted octanol–water partition coefficient (Wildman–Crippen LogP) is 1.23. The van der Waals surface area contributed by atoms with Gasteiger partial charge in [-0.25, -0.2) is 12.7 Å². The van der Waals surface area contributed by atoms with E-state index < -0.39 is 10.0 Å². The average molecular weight is 365 g/mol. The number of piperidine rings is 1. The number of amides is 1. The first-order valence-electron chi connectivity index (χ1n) is 9.01. The summed E-state index contributed by atoms with van der Waals surface area (Å²) in [6.45, 7) is 3.20. The molecule has 1 aromatic carbocycles. The van der Waals surface area contributed by atoms with Crippen molar-refractivity contribution in [2.24, 2.45) is 5.92 Å². The summed E-state index contributed by atoms with van der Waals surface area (Å²) < 4.78 is 24.8. The van der Waals surface area contributed by atoms with Gasteiger partial charge in [0.05, 0.1) is 12.2 Å². The molecule has 25 heavy (non-hydrogen) atoms. The molecule has 0 unspecified atom stereocenters. The van der Waals surface area contributed by atoms with E-state index in [0.29, 0.717) is 19.6 Å². The molecule has 7 heteroatoms. The molecule has 0 aromatic heterocycles. The van der Waals surface area contributed by atoms with E-state index in [0.717, 1.165) is 38.8 Å². The lowest BCUT2D eigenvalue weighted by Crippen LogP contribution is -2.46. The van der Waals surface area contributed by atoms with Gasteiger partial charge in [0, 0.05) is 38.4 Å². The van der Waals surface area contributed by atoms with Crippen molar-refractivity contribution < 1.29 is 13.2 Å². The van der Waals surface area contributed by atoms with Crippen LogP contribution in [0.1, 0.15) is 24.8 Å². The first-order valence-corrected chi connectivity index (χ1v) is 10.9. The van der Waals surface area contributed by atoms with Gasteiger partial charge < -0.3 is 10.2 Å². The van der Waals surface area contributed by atoms with Crippen molar-refractivity contribution in [1.29, 1.82) is 0 Å². The number of carbonyl (C=O) groups is 1. The molecule has 1 atom stereocenters. The summed E-state index contributed by atoms with van der Waals surface area (Å²) in [6, 6.07) is 8.43. The number of benzene rings is 1. The zero-order valence-corrected chi connectivity index (χ0v) is 15.6. The minimum absolute atomic E-state index is 0.0290. The molecule has 1 amide bonds. The first kappa shape index (κ1) is 18.2. The fraction of sp³-hybridized carbons (Fsp3) is 0.611. The Kier molecular flexibility index (Phi) is 5.64. The molecule has 0 radical (unpaired) electrons. The largest absolute Gasteiger partial charge is 0.370 e. The lowest BCUT2D eigenvalue weighted by Gasteiger charge is -2.32. The van der Waals surface area contributed by atoms with Gasteiger partial charge in [0.2, 0.25) is 15.9 Å². The number of aryl methyl sites for hydroxylation is 1. The number of hydrogen-bond acceptors (Lipinski definition) is 4. The number of fused-ring (bicyclic) bond motifs is 1. The molecule has 0 bridgehead atoms. The van der Waals surface area contributed by atoms with Gasteiger partial charge in [-0.2, -0.15) is 0 Å². The highest BCUT2D eigenvalue weighted by molar-refractivity contribution is 7.88. The summed E-state index contributed by atoms with van der Waals surface area (Å²) in [4.78, 5) is 14.7. The number of nitrogens with one attached hydrogen (secondary N) is 1. The maximum Gasteiger partial charge on any atom is 0.224 e. The Morgan fingerprint density at radius 1 is 1.24 bits per heavy atom. The van der Waals surface area contributed by atoms with E-state index in [1.54, 1.807) is 0 Å². The van der Waals surface area contributed by atoms with Crippen molar-refractivity contribution in [3.63, 3.8) is 0 Å². The molecule has 1 aromatic rings. The van der Waals surface area contributed by atoms with Crippen LogP contribution in [-0.4, -0.2) is 57.6 Å². The number of para-hydroxylation sites is 1. The molecule has 138 valence electrons. The topological polar surface area (TPSA) is 69.7 Å². The highest BCUT2D eigenvalue weighted by Crippen LogP contribution is 2.26. The van der Waals surface area contributed by atoms with Gasteiger partial charge in [-0.15, -0.1) is 0 Å². The van der Waals surface area contributed by atoms with Gasteiger partial charge >= 0.3 is 0 Å². The Bertz CT molecular complexity index is 720. The molecule has 2 aliphatic rings. The lowest BCUT2D eigenvalue weighted by atomic mass is 9.99. The number of nitrogens with zero attached hydrogens (tertiary/aromatic N) is 2. The molecule has 3 rings (SSSR count). The van der Waals surface area contributed by atoms with E-state index in [1.807, 2.05) is 0 Å². The average Bonchev–Trinajstić information content (AvgIpc) is 2.61. The second-order valence-corrected chi connectivity index (χ2v) is 8.95. The highest BCUT2D eigenvalue weighted by Gasteiger charge is 2.30. The van der Waals surface area contributed by atoms with Gasteiger partial charge in [0.1, 0.15) is 0 Å². The Balaban J connectivity index is 1.50. The summed E-state index contributed by atoms with van der Waals surface area (Å²) in [5.41, 5.74) is 2.64. The normalized spacial score (nSPS) is 21.6. The van der Waals surface area contributed by atoms with Crippen molar-refractivity contribution in [1.82, 2.24) is 9.62 Å². The molecular formula is C18H27N3O3S. The number of carbonyl (C=O) groups excluding carboxylic acids is 1. The first-order chi connectivity index (χ1) is 11.9. The van der Waals surface area contributed by atoms with Crippen molar-refractivity contribution in [2.45, 2.75) is 25.7 Å². The predicted molar refractivity (Wildman–Crippen MR) is 99.1 cm³/mol. The Morgan fingerprint density at radius 3 is 2.84 bits per heavy atom. The summed E-state index contributed by atoms with van der Waals surface area (Å²) in [6.07, 6.45) is 4.95. The van der Waals surface area contributed by atoms with Crippen molar-refractivity contribution >= 4 is 21.6 Å². The zero-order valence-electron chi connectivity index (χ0n) is 14.8.